The molecule has 0 aliphatic carbocycles. The lowest BCUT2D eigenvalue weighted by molar-refractivity contribution is -0.132. The van der Waals surface area contributed by atoms with Crippen LogP contribution in [0.4, 0.5) is 4.79 Å². The highest BCUT2D eigenvalue weighted by Gasteiger charge is 2.38. The van der Waals surface area contributed by atoms with E-state index in [4.69, 9.17) is 9.72 Å². The number of amides is 2. The number of piperidine rings is 1. The molecule has 0 bridgehead atoms. The standard InChI is InChI=1S/C22H27N3O3S/c1-3-17-14-28-22(27)25(17)18-9-11-24(12-10-18)20(26)13-19-15(2)29-21(23-19)16-7-5-4-6-8-16/h4-8,17-18H,3,9-14H2,1-2H3. The number of rotatable bonds is 5. The molecule has 2 fully saturated rings. The molecule has 2 aromatic rings. The molecule has 2 aliphatic rings. The topological polar surface area (TPSA) is 62.7 Å². The van der Waals surface area contributed by atoms with Gasteiger partial charge in [0.25, 0.3) is 0 Å². The molecule has 0 spiro atoms. The van der Waals surface area contributed by atoms with Crippen LogP contribution in [0, 0.1) is 6.92 Å². The van der Waals surface area contributed by atoms with Crippen molar-refractivity contribution in [1.29, 1.82) is 0 Å². The largest absolute Gasteiger partial charge is 0.447 e. The second kappa shape index (κ2) is 8.53. The fourth-order valence-corrected chi connectivity index (χ4v) is 5.11. The second-order valence-corrected chi connectivity index (χ2v) is 8.93. The lowest BCUT2D eigenvalue weighted by Crippen LogP contribution is -2.49. The highest BCUT2D eigenvalue weighted by molar-refractivity contribution is 7.15. The van der Waals surface area contributed by atoms with Gasteiger partial charge in [-0.15, -0.1) is 11.3 Å². The lowest BCUT2D eigenvalue weighted by atomic mass is 10.0. The molecule has 0 saturated carbocycles. The number of hydrogen-bond donors (Lipinski definition) is 0. The predicted octanol–water partition coefficient (Wildman–Crippen LogP) is 3.88. The highest BCUT2D eigenvalue weighted by Crippen LogP contribution is 2.29. The van der Waals surface area contributed by atoms with Crippen molar-refractivity contribution in [3.63, 3.8) is 0 Å². The first-order chi connectivity index (χ1) is 14.1. The molecule has 1 aromatic heterocycles. The van der Waals surface area contributed by atoms with Crippen molar-refractivity contribution >= 4 is 23.3 Å². The first-order valence-electron chi connectivity index (χ1n) is 10.3. The van der Waals surface area contributed by atoms with Crippen LogP contribution < -0.4 is 0 Å². The SMILES string of the molecule is CCC1COC(=O)N1C1CCN(C(=O)Cc2nc(-c3ccccc3)sc2C)CC1. The summed E-state index contributed by atoms with van der Waals surface area (Å²) in [6.07, 6.45) is 2.65. The van der Waals surface area contributed by atoms with Crippen LogP contribution >= 0.6 is 11.3 Å². The minimum Gasteiger partial charge on any atom is -0.447 e. The van der Waals surface area contributed by atoms with Gasteiger partial charge in [0, 0.05) is 29.6 Å². The van der Waals surface area contributed by atoms with Gasteiger partial charge in [-0.3, -0.25) is 9.69 Å². The minimum absolute atomic E-state index is 0.118. The van der Waals surface area contributed by atoms with Crippen LogP contribution in [-0.2, 0) is 16.0 Å². The van der Waals surface area contributed by atoms with Crippen LogP contribution in [-0.4, -0.2) is 58.6 Å². The summed E-state index contributed by atoms with van der Waals surface area (Å²) in [6, 6.07) is 10.4. The van der Waals surface area contributed by atoms with Gasteiger partial charge in [-0.25, -0.2) is 9.78 Å². The monoisotopic (exact) mass is 413 g/mol. The molecule has 3 heterocycles. The van der Waals surface area contributed by atoms with Crippen molar-refractivity contribution in [3.05, 3.63) is 40.9 Å². The summed E-state index contributed by atoms with van der Waals surface area (Å²) >= 11 is 1.64. The second-order valence-electron chi connectivity index (χ2n) is 7.72. The fourth-order valence-electron chi connectivity index (χ4n) is 4.18. The van der Waals surface area contributed by atoms with E-state index in [0.29, 0.717) is 26.1 Å². The van der Waals surface area contributed by atoms with Gasteiger partial charge in [-0.05, 0) is 26.2 Å². The van der Waals surface area contributed by atoms with Gasteiger partial charge < -0.3 is 9.64 Å². The van der Waals surface area contributed by atoms with Crippen molar-refractivity contribution in [2.75, 3.05) is 19.7 Å². The highest BCUT2D eigenvalue weighted by atomic mass is 32.1. The Balaban J connectivity index is 1.36. The first-order valence-corrected chi connectivity index (χ1v) is 11.1. The number of carbonyl (C=O) groups excluding carboxylic acids is 2. The third-order valence-corrected chi connectivity index (χ3v) is 6.98. The number of hydrogen-bond acceptors (Lipinski definition) is 5. The number of nitrogens with zero attached hydrogens (tertiary/aromatic N) is 3. The van der Waals surface area contributed by atoms with E-state index in [1.54, 1.807) is 11.3 Å². The van der Waals surface area contributed by atoms with Crippen LogP contribution in [0.3, 0.4) is 0 Å². The molecule has 29 heavy (non-hydrogen) atoms. The molecule has 0 radical (unpaired) electrons. The third kappa shape index (κ3) is 4.15. The number of aryl methyl sites for hydroxylation is 1. The van der Waals surface area contributed by atoms with E-state index >= 15 is 0 Å². The summed E-state index contributed by atoms with van der Waals surface area (Å²) in [5.41, 5.74) is 1.96. The Hall–Kier alpha value is -2.41. The van der Waals surface area contributed by atoms with E-state index in [1.807, 2.05) is 47.1 Å². The molecule has 2 amide bonds. The van der Waals surface area contributed by atoms with Crippen LogP contribution in [0.1, 0.15) is 36.8 Å². The number of benzene rings is 1. The number of likely N-dealkylation sites (tertiary alicyclic amines) is 1. The maximum atomic E-state index is 12.9. The van der Waals surface area contributed by atoms with Gasteiger partial charge in [0.15, 0.2) is 0 Å². The van der Waals surface area contributed by atoms with Crippen molar-refractivity contribution in [1.82, 2.24) is 14.8 Å². The van der Waals surface area contributed by atoms with Gasteiger partial charge in [0.05, 0.1) is 18.2 Å². The molecular formula is C22H27N3O3S. The average molecular weight is 414 g/mol. The Morgan fingerprint density at radius 3 is 2.66 bits per heavy atom. The molecule has 2 aliphatic heterocycles. The Labute approximate surface area is 175 Å². The first kappa shape index (κ1) is 19.9. The average Bonchev–Trinajstić information content (AvgIpc) is 3.31. The zero-order valence-corrected chi connectivity index (χ0v) is 17.8. The Kier molecular flexibility index (Phi) is 5.85. The summed E-state index contributed by atoms with van der Waals surface area (Å²) < 4.78 is 5.23. The zero-order chi connectivity index (χ0) is 20.4. The summed E-state index contributed by atoms with van der Waals surface area (Å²) in [7, 11) is 0. The predicted molar refractivity (Wildman–Crippen MR) is 113 cm³/mol. The molecule has 0 N–H and O–H groups in total. The van der Waals surface area contributed by atoms with E-state index in [1.165, 1.54) is 0 Å². The van der Waals surface area contributed by atoms with E-state index in [0.717, 1.165) is 40.4 Å². The number of thiazole rings is 1. The number of aromatic nitrogens is 1. The normalized spacial score (nSPS) is 20.2. The van der Waals surface area contributed by atoms with E-state index in [-0.39, 0.29) is 24.1 Å². The molecule has 7 heteroatoms. The molecule has 1 atom stereocenters. The van der Waals surface area contributed by atoms with Crippen molar-refractivity contribution < 1.29 is 14.3 Å². The summed E-state index contributed by atoms with van der Waals surface area (Å²) in [5.74, 6) is 0.118. The summed E-state index contributed by atoms with van der Waals surface area (Å²) in [4.78, 5) is 34.6. The van der Waals surface area contributed by atoms with Gasteiger partial charge in [0.2, 0.25) is 5.91 Å². The van der Waals surface area contributed by atoms with Crippen molar-refractivity contribution in [2.24, 2.45) is 0 Å². The number of ether oxygens (including phenoxy) is 1. The van der Waals surface area contributed by atoms with Gasteiger partial charge in [-0.1, -0.05) is 37.3 Å². The van der Waals surface area contributed by atoms with E-state index in [9.17, 15) is 9.59 Å². The summed E-state index contributed by atoms with van der Waals surface area (Å²) in [6.45, 7) is 5.96. The van der Waals surface area contributed by atoms with Gasteiger partial charge in [-0.2, -0.15) is 0 Å². The molecule has 1 aromatic carbocycles. The van der Waals surface area contributed by atoms with Crippen LogP contribution in [0.5, 0.6) is 0 Å². The van der Waals surface area contributed by atoms with Crippen molar-refractivity contribution in [2.45, 2.75) is 51.6 Å². The molecule has 4 rings (SSSR count). The number of carbonyl (C=O) groups is 2. The van der Waals surface area contributed by atoms with Crippen LogP contribution in [0.2, 0.25) is 0 Å². The Bertz CT molecular complexity index is 875. The minimum atomic E-state index is -0.201. The van der Waals surface area contributed by atoms with Crippen molar-refractivity contribution in [3.8, 4) is 10.6 Å². The third-order valence-electron chi connectivity index (χ3n) is 5.92. The Morgan fingerprint density at radius 2 is 1.97 bits per heavy atom. The molecule has 1 unspecified atom stereocenters. The maximum Gasteiger partial charge on any atom is 0.410 e. The maximum absolute atomic E-state index is 12.9. The van der Waals surface area contributed by atoms with Gasteiger partial charge >= 0.3 is 6.09 Å². The molecule has 154 valence electrons. The molecular weight excluding hydrogens is 386 g/mol. The number of cyclic esters (lactones) is 1. The fraction of sp³-hybridized carbons (Fsp3) is 0.500. The molecule has 6 nitrogen and oxygen atoms in total. The van der Waals surface area contributed by atoms with Gasteiger partial charge in [0.1, 0.15) is 11.6 Å². The quantitative estimate of drug-likeness (QED) is 0.746. The van der Waals surface area contributed by atoms with E-state index < -0.39 is 0 Å². The Morgan fingerprint density at radius 1 is 1.24 bits per heavy atom. The molecule has 2 saturated heterocycles. The smallest absolute Gasteiger partial charge is 0.410 e. The lowest BCUT2D eigenvalue weighted by Gasteiger charge is -2.37. The zero-order valence-electron chi connectivity index (χ0n) is 17.0. The van der Waals surface area contributed by atoms with Crippen LogP contribution in [0.25, 0.3) is 10.6 Å². The summed E-state index contributed by atoms with van der Waals surface area (Å²) in [5, 5.41) is 0.961. The van der Waals surface area contributed by atoms with Crippen LogP contribution in [0.15, 0.2) is 30.3 Å². The van der Waals surface area contributed by atoms with E-state index in [2.05, 4.69) is 6.92 Å².